The third kappa shape index (κ3) is 3.43. The maximum atomic E-state index is 5.24. The van der Waals surface area contributed by atoms with Crippen LogP contribution in [0.3, 0.4) is 0 Å². The maximum Gasteiger partial charge on any atom is 0.175 e. The minimum atomic E-state index is 0.361. The van der Waals surface area contributed by atoms with Crippen LogP contribution in [0.1, 0.15) is 36.2 Å². The normalized spacial score (nSPS) is 16.7. The minimum absolute atomic E-state index is 0.361. The summed E-state index contributed by atoms with van der Waals surface area (Å²) in [6.07, 6.45) is 0. The summed E-state index contributed by atoms with van der Waals surface area (Å²) in [4.78, 5) is 4.68. The summed E-state index contributed by atoms with van der Waals surface area (Å²) in [6, 6.07) is 8.68. The van der Waals surface area contributed by atoms with Gasteiger partial charge in [0.25, 0.3) is 0 Å². The molecule has 0 atom stereocenters. The molecule has 3 rings (SSSR count). The summed E-state index contributed by atoms with van der Waals surface area (Å²) < 4.78 is 5.24. The van der Waals surface area contributed by atoms with Crippen molar-refractivity contribution in [2.45, 2.75) is 40.0 Å². The number of aryl methyl sites for hydroxylation is 1. The van der Waals surface area contributed by atoms with E-state index in [0.717, 1.165) is 23.6 Å². The molecule has 23 heavy (non-hydrogen) atoms. The van der Waals surface area contributed by atoms with Gasteiger partial charge in [-0.15, -0.1) is 0 Å². The van der Waals surface area contributed by atoms with E-state index >= 15 is 0 Å². The third-order valence-corrected chi connectivity index (χ3v) is 3.87. The van der Waals surface area contributed by atoms with Crippen molar-refractivity contribution >= 4 is 11.7 Å². The topological polar surface area (TPSA) is 65.5 Å². The summed E-state index contributed by atoms with van der Waals surface area (Å²) in [5, 5.41) is 9.31. The summed E-state index contributed by atoms with van der Waals surface area (Å²) >= 11 is 0. The molecule has 0 bridgehead atoms. The van der Waals surface area contributed by atoms with Crippen molar-refractivity contribution in [3.05, 3.63) is 46.6 Å². The van der Waals surface area contributed by atoms with Crippen LogP contribution in [0, 0.1) is 6.92 Å². The molecule has 122 valence electrons. The van der Waals surface area contributed by atoms with E-state index in [1.165, 1.54) is 11.1 Å². The molecule has 2 heterocycles. The number of nitrogens with one attached hydrogen (secondary N) is 2. The molecule has 2 aromatic rings. The van der Waals surface area contributed by atoms with Crippen LogP contribution in [-0.2, 0) is 17.9 Å². The second-order valence-corrected chi connectivity index (χ2v) is 6.13. The monoisotopic (exact) mass is 313 g/mol. The summed E-state index contributed by atoms with van der Waals surface area (Å²) in [5.74, 6) is 1.51. The Morgan fingerprint density at radius 1 is 1.35 bits per heavy atom. The Morgan fingerprint density at radius 2 is 2.17 bits per heavy atom. The van der Waals surface area contributed by atoms with Crippen molar-refractivity contribution in [3.8, 4) is 0 Å². The van der Waals surface area contributed by atoms with Gasteiger partial charge in [-0.3, -0.25) is 5.10 Å². The van der Waals surface area contributed by atoms with Crippen LogP contribution < -0.4 is 5.43 Å². The number of aromatic amines is 1. The molecule has 0 aliphatic carbocycles. The Morgan fingerprint density at radius 3 is 2.83 bits per heavy atom. The van der Waals surface area contributed by atoms with Gasteiger partial charge in [0.2, 0.25) is 0 Å². The molecule has 0 saturated heterocycles. The number of ether oxygens (including phenoxy) is 1. The fraction of sp³-hybridized carbons (Fsp3) is 0.412. The number of H-pyrrole nitrogens is 1. The minimum Gasteiger partial charge on any atom is -0.380 e. The van der Waals surface area contributed by atoms with Gasteiger partial charge in [0.05, 0.1) is 6.61 Å². The number of aromatic nitrogens is 2. The van der Waals surface area contributed by atoms with Crippen molar-refractivity contribution in [2.75, 3.05) is 7.11 Å². The fourth-order valence-corrected chi connectivity index (χ4v) is 2.66. The number of methoxy groups -OCH3 is 1. The highest BCUT2D eigenvalue weighted by Crippen LogP contribution is 2.22. The predicted octanol–water partition coefficient (Wildman–Crippen LogP) is 2.67. The Hall–Kier alpha value is -2.18. The zero-order valence-electron chi connectivity index (χ0n) is 14.1. The highest BCUT2D eigenvalue weighted by molar-refractivity contribution is 6.01. The number of rotatable bonds is 4. The number of hydrogen-bond acceptors (Lipinski definition) is 4. The Balaban J connectivity index is 2.01. The van der Waals surface area contributed by atoms with Crippen molar-refractivity contribution in [1.29, 1.82) is 0 Å². The first-order valence-corrected chi connectivity index (χ1v) is 7.82. The molecule has 6 nitrogen and oxygen atoms in total. The maximum absolute atomic E-state index is 5.24. The number of nitrogens with zero attached hydrogens (tertiary/aromatic N) is 3. The first-order chi connectivity index (χ1) is 11.1. The number of hydrogen-bond donors (Lipinski definition) is 2. The van der Waals surface area contributed by atoms with Crippen LogP contribution in [0.25, 0.3) is 0 Å². The molecular formula is C17H23N5O. The smallest absolute Gasteiger partial charge is 0.175 e. The first kappa shape index (κ1) is 15.7. The molecule has 0 saturated carbocycles. The molecule has 0 fully saturated rings. The van der Waals surface area contributed by atoms with Crippen LogP contribution in [-0.4, -0.2) is 34.2 Å². The van der Waals surface area contributed by atoms with Crippen LogP contribution in [0.5, 0.6) is 0 Å². The molecular weight excluding hydrogens is 290 g/mol. The molecule has 2 N–H and O–H groups in total. The molecule has 1 aromatic carbocycles. The lowest BCUT2D eigenvalue weighted by Gasteiger charge is -2.34. The SMILES string of the molecule is COCc1ccc2c(c1)CN(C(C)C)NC2=Nc1cc(C)[nH]n1. The first-order valence-electron chi connectivity index (χ1n) is 7.82. The van der Waals surface area contributed by atoms with Gasteiger partial charge in [-0.25, -0.2) is 10.0 Å². The Kier molecular flexibility index (Phi) is 4.45. The van der Waals surface area contributed by atoms with Gasteiger partial charge in [0.1, 0.15) is 0 Å². The zero-order valence-corrected chi connectivity index (χ0v) is 14.1. The molecule has 0 spiro atoms. The largest absolute Gasteiger partial charge is 0.380 e. The average Bonchev–Trinajstić information content (AvgIpc) is 2.92. The van der Waals surface area contributed by atoms with Gasteiger partial charge < -0.3 is 10.2 Å². The van der Waals surface area contributed by atoms with E-state index in [4.69, 9.17) is 4.74 Å². The second kappa shape index (κ2) is 6.52. The number of fused-ring (bicyclic) bond motifs is 1. The number of aliphatic imine (C=N–C) groups is 1. The van der Waals surface area contributed by atoms with Gasteiger partial charge >= 0.3 is 0 Å². The average molecular weight is 313 g/mol. The molecule has 6 heteroatoms. The number of amidine groups is 1. The highest BCUT2D eigenvalue weighted by Gasteiger charge is 2.23. The lowest BCUT2D eigenvalue weighted by Crippen LogP contribution is -2.49. The summed E-state index contributed by atoms with van der Waals surface area (Å²) in [6.45, 7) is 7.74. The third-order valence-electron chi connectivity index (χ3n) is 3.87. The molecule has 1 aliphatic heterocycles. The lowest BCUT2D eigenvalue weighted by atomic mass is 10.0. The van der Waals surface area contributed by atoms with Gasteiger partial charge in [0.15, 0.2) is 11.7 Å². The van der Waals surface area contributed by atoms with E-state index in [-0.39, 0.29) is 0 Å². The van der Waals surface area contributed by atoms with Gasteiger partial charge in [-0.05, 0) is 31.9 Å². The summed E-state index contributed by atoms with van der Waals surface area (Å²) in [7, 11) is 1.72. The van der Waals surface area contributed by atoms with E-state index in [9.17, 15) is 0 Å². The van der Waals surface area contributed by atoms with Crippen molar-refractivity contribution < 1.29 is 4.74 Å². The van der Waals surface area contributed by atoms with Crippen LogP contribution in [0.4, 0.5) is 5.82 Å². The number of hydrazine groups is 1. The Labute approximate surface area is 136 Å². The number of benzene rings is 1. The van der Waals surface area contributed by atoms with Crippen LogP contribution in [0.15, 0.2) is 29.3 Å². The molecule has 1 aliphatic rings. The van der Waals surface area contributed by atoms with Crippen molar-refractivity contribution in [3.63, 3.8) is 0 Å². The molecule has 0 radical (unpaired) electrons. The van der Waals surface area contributed by atoms with Crippen LogP contribution >= 0.6 is 0 Å². The van der Waals surface area contributed by atoms with E-state index < -0.39 is 0 Å². The van der Waals surface area contributed by atoms with E-state index in [0.29, 0.717) is 18.5 Å². The summed E-state index contributed by atoms with van der Waals surface area (Å²) in [5.41, 5.74) is 7.95. The predicted molar refractivity (Wildman–Crippen MR) is 90.5 cm³/mol. The molecule has 1 aromatic heterocycles. The molecule has 0 unspecified atom stereocenters. The van der Waals surface area contributed by atoms with E-state index in [1.807, 2.05) is 13.0 Å². The van der Waals surface area contributed by atoms with E-state index in [2.05, 4.69) is 57.7 Å². The van der Waals surface area contributed by atoms with Gasteiger partial charge in [-0.2, -0.15) is 5.10 Å². The second-order valence-electron chi connectivity index (χ2n) is 6.13. The highest BCUT2D eigenvalue weighted by atomic mass is 16.5. The van der Waals surface area contributed by atoms with Crippen molar-refractivity contribution in [2.24, 2.45) is 4.99 Å². The lowest BCUT2D eigenvalue weighted by molar-refractivity contribution is 0.168. The van der Waals surface area contributed by atoms with Crippen LogP contribution in [0.2, 0.25) is 0 Å². The van der Waals surface area contributed by atoms with Gasteiger partial charge in [-0.1, -0.05) is 18.2 Å². The van der Waals surface area contributed by atoms with Crippen molar-refractivity contribution in [1.82, 2.24) is 20.6 Å². The molecule has 0 amide bonds. The quantitative estimate of drug-likeness (QED) is 0.911. The zero-order chi connectivity index (χ0) is 16.4. The fourth-order valence-electron chi connectivity index (χ4n) is 2.66. The standard InChI is InChI=1S/C17H23N5O/c1-11(2)22-9-14-8-13(10-23-4)5-6-15(14)17(21-22)18-16-7-12(3)19-20-16/h5-8,11H,9-10H2,1-4H3,(H2,18,19,20,21). The van der Waals surface area contributed by atoms with Gasteiger partial charge in [0, 0.05) is 37.0 Å². The van der Waals surface area contributed by atoms with E-state index in [1.54, 1.807) is 7.11 Å². The Bertz CT molecular complexity index is 720.